The zero-order valence-electron chi connectivity index (χ0n) is 16.2. The molecule has 136 valence electrons. The summed E-state index contributed by atoms with van der Waals surface area (Å²) in [6.45, 7) is 7.58. The van der Waals surface area contributed by atoms with Crippen molar-refractivity contribution >= 4 is 5.78 Å². The second kappa shape index (κ2) is 5.83. The molecule has 0 heterocycles. The van der Waals surface area contributed by atoms with E-state index in [2.05, 4.69) is 33.1 Å². The number of carbonyl (C=O) groups excluding carboxylic acids is 1. The van der Waals surface area contributed by atoms with Crippen LogP contribution in [0, 0.1) is 40.4 Å². The Labute approximate surface area is 148 Å². The summed E-state index contributed by atoms with van der Waals surface area (Å²) in [5.74, 6) is 4.86. The molecule has 0 aromatic heterocycles. The molecular formula is C22H37NO. The van der Waals surface area contributed by atoms with Crippen molar-refractivity contribution < 1.29 is 4.79 Å². The zero-order chi connectivity index (χ0) is 17.1. The number of hydrogen-bond donors (Lipinski definition) is 1. The first-order valence-corrected chi connectivity index (χ1v) is 10.6. The number of ketones is 1. The first-order valence-electron chi connectivity index (χ1n) is 10.6. The van der Waals surface area contributed by atoms with Crippen molar-refractivity contribution in [2.24, 2.45) is 40.4 Å². The molecule has 8 atom stereocenters. The summed E-state index contributed by atoms with van der Waals surface area (Å²) in [6.07, 6.45) is 11.4. The lowest BCUT2D eigenvalue weighted by Crippen LogP contribution is -2.54. The zero-order valence-corrected chi connectivity index (χ0v) is 16.2. The van der Waals surface area contributed by atoms with Gasteiger partial charge in [-0.25, -0.2) is 0 Å². The lowest BCUT2D eigenvalue weighted by Gasteiger charge is -2.60. The molecule has 2 heteroatoms. The van der Waals surface area contributed by atoms with E-state index in [0.717, 1.165) is 36.5 Å². The second-order valence-corrected chi connectivity index (χ2v) is 10.2. The summed E-state index contributed by atoms with van der Waals surface area (Å²) in [4.78, 5) is 12.0. The Hall–Kier alpha value is -0.370. The van der Waals surface area contributed by atoms with Gasteiger partial charge in [-0.1, -0.05) is 13.8 Å². The summed E-state index contributed by atoms with van der Waals surface area (Å²) >= 11 is 0. The summed E-state index contributed by atoms with van der Waals surface area (Å²) < 4.78 is 0. The molecule has 4 aliphatic rings. The third-order valence-corrected chi connectivity index (χ3v) is 9.61. The first-order chi connectivity index (χ1) is 11.4. The van der Waals surface area contributed by atoms with Crippen molar-refractivity contribution in [3.8, 4) is 0 Å². The van der Waals surface area contributed by atoms with Crippen LogP contribution >= 0.6 is 0 Å². The predicted octanol–water partition coefficient (Wildman–Crippen LogP) is 4.82. The molecular weight excluding hydrogens is 294 g/mol. The molecule has 1 N–H and O–H groups in total. The van der Waals surface area contributed by atoms with E-state index in [-0.39, 0.29) is 0 Å². The Morgan fingerprint density at radius 2 is 1.75 bits per heavy atom. The van der Waals surface area contributed by atoms with E-state index < -0.39 is 0 Å². The maximum Gasteiger partial charge on any atom is 0.133 e. The van der Waals surface area contributed by atoms with Crippen LogP contribution in [0.15, 0.2) is 0 Å². The van der Waals surface area contributed by atoms with Crippen molar-refractivity contribution in [3.63, 3.8) is 0 Å². The van der Waals surface area contributed by atoms with Crippen LogP contribution in [0.5, 0.6) is 0 Å². The van der Waals surface area contributed by atoms with Crippen molar-refractivity contribution in [1.29, 1.82) is 0 Å². The highest BCUT2D eigenvalue weighted by atomic mass is 16.1. The molecule has 0 saturated heterocycles. The van der Waals surface area contributed by atoms with E-state index in [1.54, 1.807) is 0 Å². The van der Waals surface area contributed by atoms with Gasteiger partial charge < -0.3 is 5.32 Å². The highest BCUT2D eigenvalue weighted by Gasteiger charge is 2.60. The fraction of sp³-hybridized carbons (Fsp3) is 0.955. The lowest BCUT2D eigenvalue weighted by molar-refractivity contribution is -0.139. The van der Waals surface area contributed by atoms with Gasteiger partial charge in [0.25, 0.3) is 0 Å². The largest absolute Gasteiger partial charge is 0.317 e. The first kappa shape index (κ1) is 17.1. The summed E-state index contributed by atoms with van der Waals surface area (Å²) in [5, 5.41) is 3.56. The van der Waals surface area contributed by atoms with E-state index in [9.17, 15) is 4.79 Å². The average molecular weight is 332 g/mol. The van der Waals surface area contributed by atoms with Crippen LogP contribution in [0.2, 0.25) is 0 Å². The van der Waals surface area contributed by atoms with E-state index >= 15 is 0 Å². The van der Waals surface area contributed by atoms with Crippen molar-refractivity contribution in [2.75, 3.05) is 7.05 Å². The fourth-order valence-electron chi connectivity index (χ4n) is 8.11. The van der Waals surface area contributed by atoms with Gasteiger partial charge in [0.15, 0.2) is 0 Å². The van der Waals surface area contributed by atoms with E-state index in [4.69, 9.17) is 0 Å². The molecule has 0 spiro atoms. The average Bonchev–Trinajstić information content (AvgIpc) is 2.92. The number of fused-ring (bicyclic) bond motifs is 5. The number of nitrogens with one attached hydrogen (secondary N) is 1. The SMILES string of the molecule is CNC(C)C1CCC2C3CCC4CC(=O)CCC4(C)C3CCC12C. The van der Waals surface area contributed by atoms with Gasteiger partial charge in [-0.3, -0.25) is 4.79 Å². The molecule has 0 aromatic carbocycles. The van der Waals surface area contributed by atoms with Gasteiger partial charge in [-0.05, 0) is 99.3 Å². The third-order valence-electron chi connectivity index (χ3n) is 9.61. The van der Waals surface area contributed by atoms with E-state index in [1.165, 1.54) is 44.9 Å². The van der Waals surface area contributed by atoms with Crippen LogP contribution in [-0.4, -0.2) is 18.9 Å². The Morgan fingerprint density at radius 1 is 1.00 bits per heavy atom. The molecule has 0 aromatic rings. The van der Waals surface area contributed by atoms with Gasteiger partial charge in [0, 0.05) is 18.9 Å². The quantitative estimate of drug-likeness (QED) is 0.786. The fourth-order valence-corrected chi connectivity index (χ4v) is 8.11. The molecule has 0 bridgehead atoms. The Balaban J connectivity index is 1.60. The minimum absolute atomic E-state index is 0.463. The van der Waals surface area contributed by atoms with Crippen molar-refractivity contribution in [3.05, 3.63) is 0 Å². The van der Waals surface area contributed by atoms with Gasteiger partial charge in [0.2, 0.25) is 0 Å². The smallest absolute Gasteiger partial charge is 0.133 e. The van der Waals surface area contributed by atoms with Crippen LogP contribution in [0.3, 0.4) is 0 Å². The molecule has 0 aliphatic heterocycles. The van der Waals surface area contributed by atoms with Crippen LogP contribution in [-0.2, 0) is 4.79 Å². The summed E-state index contributed by atoms with van der Waals surface area (Å²) in [7, 11) is 2.14. The number of carbonyl (C=O) groups is 1. The third kappa shape index (κ3) is 2.27. The second-order valence-electron chi connectivity index (χ2n) is 10.2. The molecule has 4 fully saturated rings. The number of rotatable bonds is 2. The Morgan fingerprint density at radius 3 is 2.50 bits per heavy atom. The molecule has 8 unspecified atom stereocenters. The Kier molecular flexibility index (Phi) is 4.14. The van der Waals surface area contributed by atoms with Gasteiger partial charge >= 0.3 is 0 Å². The highest BCUT2D eigenvalue weighted by Crippen LogP contribution is 2.67. The van der Waals surface area contributed by atoms with Crippen LogP contribution in [0.1, 0.15) is 78.6 Å². The lowest BCUT2D eigenvalue weighted by atomic mass is 9.44. The normalized spacial score (nSPS) is 52.3. The van der Waals surface area contributed by atoms with Gasteiger partial charge in [-0.15, -0.1) is 0 Å². The highest BCUT2D eigenvalue weighted by molar-refractivity contribution is 5.79. The maximum atomic E-state index is 12.0. The topological polar surface area (TPSA) is 29.1 Å². The van der Waals surface area contributed by atoms with Crippen molar-refractivity contribution in [1.82, 2.24) is 5.32 Å². The van der Waals surface area contributed by atoms with Crippen LogP contribution < -0.4 is 5.32 Å². The number of Topliss-reactive ketones (excluding diaryl/α,β-unsaturated/α-hetero) is 1. The van der Waals surface area contributed by atoms with E-state index in [1.807, 2.05) is 0 Å². The molecule has 2 nitrogen and oxygen atoms in total. The van der Waals surface area contributed by atoms with Gasteiger partial charge in [-0.2, -0.15) is 0 Å². The minimum atomic E-state index is 0.463. The maximum absolute atomic E-state index is 12.0. The number of hydrogen-bond acceptors (Lipinski definition) is 2. The van der Waals surface area contributed by atoms with E-state index in [0.29, 0.717) is 28.6 Å². The molecule has 0 amide bonds. The van der Waals surface area contributed by atoms with Crippen LogP contribution in [0.25, 0.3) is 0 Å². The molecule has 4 aliphatic carbocycles. The van der Waals surface area contributed by atoms with Crippen LogP contribution in [0.4, 0.5) is 0 Å². The van der Waals surface area contributed by atoms with Gasteiger partial charge in [0.05, 0.1) is 0 Å². The Bertz CT molecular complexity index is 516. The van der Waals surface area contributed by atoms with Gasteiger partial charge in [0.1, 0.15) is 5.78 Å². The summed E-state index contributed by atoms with van der Waals surface area (Å²) in [6, 6.07) is 0.649. The molecule has 4 saturated carbocycles. The standard InChI is InChI=1S/C22H37NO/c1-14(23-4)18-7-8-19-17-6-5-15-13-16(24)9-11-21(15,2)20(17)10-12-22(18,19)3/h14-15,17-20,23H,5-13H2,1-4H3. The molecule has 4 rings (SSSR count). The molecule has 0 radical (unpaired) electrons. The minimum Gasteiger partial charge on any atom is -0.317 e. The predicted molar refractivity (Wildman–Crippen MR) is 98.7 cm³/mol. The molecule has 24 heavy (non-hydrogen) atoms. The summed E-state index contributed by atoms with van der Waals surface area (Å²) in [5.41, 5.74) is 1.02. The monoisotopic (exact) mass is 331 g/mol. The van der Waals surface area contributed by atoms with Crippen molar-refractivity contribution in [2.45, 2.75) is 84.6 Å².